The monoisotopic (exact) mass is 355 g/mol. The molecule has 0 bridgehead atoms. The predicted molar refractivity (Wildman–Crippen MR) is 88.0 cm³/mol. The lowest BCUT2D eigenvalue weighted by Crippen LogP contribution is -2.51. The highest BCUT2D eigenvalue weighted by atomic mass is 79.9. The SMILES string of the molecule is CC1CCCC(C)N1n1c(CCl)nc2cc(Br)ccc21. The molecule has 5 heteroatoms. The third-order valence-electron chi connectivity index (χ3n) is 4.16. The molecule has 2 atom stereocenters. The summed E-state index contributed by atoms with van der Waals surface area (Å²) in [7, 11) is 0. The van der Waals surface area contributed by atoms with Crippen LogP contribution in [0.5, 0.6) is 0 Å². The van der Waals surface area contributed by atoms with Gasteiger partial charge in [-0.05, 0) is 51.3 Å². The number of alkyl halides is 1. The Balaban J connectivity index is 2.18. The first kappa shape index (κ1) is 14.2. The van der Waals surface area contributed by atoms with Crippen molar-refractivity contribution in [2.24, 2.45) is 0 Å². The Kier molecular flexibility index (Phi) is 3.95. The predicted octanol–water partition coefficient (Wildman–Crippen LogP) is 4.44. The summed E-state index contributed by atoms with van der Waals surface area (Å²) in [5.74, 6) is 1.36. The zero-order chi connectivity index (χ0) is 14.3. The van der Waals surface area contributed by atoms with Crippen LogP contribution in [0.25, 0.3) is 11.0 Å². The van der Waals surface area contributed by atoms with Gasteiger partial charge in [0.15, 0.2) is 0 Å². The molecule has 3 rings (SSSR count). The molecule has 0 aliphatic carbocycles. The fourth-order valence-corrected chi connectivity index (χ4v) is 3.76. The molecular formula is C15H19BrClN3. The molecule has 1 fully saturated rings. The van der Waals surface area contributed by atoms with E-state index in [1.807, 2.05) is 0 Å². The molecule has 2 aromatic rings. The van der Waals surface area contributed by atoms with Crippen LogP contribution in [0, 0.1) is 0 Å². The lowest BCUT2D eigenvalue weighted by atomic mass is 10.00. The van der Waals surface area contributed by atoms with E-state index < -0.39 is 0 Å². The van der Waals surface area contributed by atoms with Crippen molar-refractivity contribution in [2.45, 2.75) is 51.1 Å². The maximum Gasteiger partial charge on any atom is 0.143 e. The van der Waals surface area contributed by atoms with Crippen LogP contribution in [0.1, 0.15) is 38.9 Å². The van der Waals surface area contributed by atoms with Gasteiger partial charge in [0.2, 0.25) is 0 Å². The van der Waals surface area contributed by atoms with Gasteiger partial charge in [-0.25, -0.2) is 9.66 Å². The highest BCUT2D eigenvalue weighted by molar-refractivity contribution is 9.10. The number of hydrogen-bond acceptors (Lipinski definition) is 2. The van der Waals surface area contributed by atoms with E-state index in [2.05, 4.69) is 57.7 Å². The average Bonchev–Trinajstić information content (AvgIpc) is 2.76. The number of rotatable bonds is 2. The lowest BCUT2D eigenvalue weighted by Gasteiger charge is -2.42. The molecule has 2 heterocycles. The highest BCUT2D eigenvalue weighted by Crippen LogP contribution is 2.28. The molecular weight excluding hydrogens is 338 g/mol. The Hall–Kier alpha value is -0.740. The molecule has 1 saturated heterocycles. The Morgan fingerprint density at radius 3 is 2.65 bits per heavy atom. The van der Waals surface area contributed by atoms with Gasteiger partial charge in [0, 0.05) is 16.6 Å². The number of imidazole rings is 1. The maximum absolute atomic E-state index is 6.14. The van der Waals surface area contributed by atoms with E-state index in [1.165, 1.54) is 19.3 Å². The van der Waals surface area contributed by atoms with E-state index in [0.29, 0.717) is 18.0 Å². The topological polar surface area (TPSA) is 21.1 Å². The molecule has 0 amide bonds. The third kappa shape index (κ3) is 2.33. The molecule has 0 saturated carbocycles. The lowest BCUT2D eigenvalue weighted by molar-refractivity contribution is 0.337. The van der Waals surface area contributed by atoms with Crippen LogP contribution < -0.4 is 5.01 Å². The van der Waals surface area contributed by atoms with Gasteiger partial charge in [0.25, 0.3) is 0 Å². The Morgan fingerprint density at radius 2 is 2.00 bits per heavy atom. The zero-order valence-corrected chi connectivity index (χ0v) is 14.2. The van der Waals surface area contributed by atoms with Gasteiger partial charge >= 0.3 is 0 Å². The second kappa shape index (κ2) is 5.57. The minimum Gasteiger partial charge on any atom is -0.305 e. The number of halogens is 2. The maximum atomic E-state index is 6.14. The van der Waals surface area contributed by atoms with E-state index in [4.69, 9.17) is 16.6 Å². The van der Waals surface area contributed by atoms with E-state index in [9.17, 15) is 0 Å². The van der Waals surface area contributed by atoms with Gasteiger partial charge in [0.1, 0.15) is 5.82 Å². The number of benzene rings is 1. The summed E-state index contributed by atoms with van der Waals surface area (Å²) in [6.45, 7) is 4.58. The molecule has 0 radical (unpaired) electrons. The van der Waals surface area contributed by atoms with Crippen LogP contribution in [-0.2, 0) is 5.88 Å². The van der Waals surface area contributed by atoms with E-state index in [-0.39, 0.29) is 0 Å². The van der Waals surface area contributed by atoms with Crippen LogP contribution in [0.15, 0.2) is 22.7 Å². The molecule has 1 aliphatic heterocycles. The fourth-order valence-electron chi connectivity index (χ4n) is 3.24. The van der Waals surface area contributed by atoms with Crippen molar-refractivity contribution in [3.8, 4) is 0 Å². The molecule has 1 aliphatic rings. The van der Waals surface area contributed by atoms with Crippen molar-refractivity contribution >= 4 is 38.6 Å². The molecule has 1 aromatic carbocycles. The third-order valence-corrected chi connectivity index (χ3v) is 4.89. The number of aromatic nitrogens is 2. The summed E-state index contributed by atoms with van der Waals surface area (Å²) in [4.78, 5) is 4.70. The van der Waals surface area contributed by atoms with Crippen molar-refractivity contribution in [3.63, 3.8) is 0 Å². The standard InChI is InChI=1S/C15H19BrClN3/c1-10-4-3-5-11(2)19(10)20-14-7-6-12(16)8-13(14)18-15(20)9-17/h6-8,10-11H,3-5,9H2,1-2H3. The van der Waals surface area contributed by atoms with Gasteiger partial charge in [-0.3, -0.25) is 0 Å². The molecule has 0 N–H and O–H groups in total. The van der Waals surface area contributed by atoms with Crippen LogP contribution in [0.4, 0.5) is 0 Å². The second-order valence-electron chi connectivity index (χ2n) is 5.62. The van der Waals surface area contributed by atoms with Crippen molar-refractivity contribution < 1.29 is 0 Å². The Morgan fingerprint density at radius 1 is 1.30 bits per heavy atom. The quantitative estimate of drug-likeness (QED) is 0.742. The van der Waals surface area contributed by atoms with Crippen LogP contribution in [0.2, 0.25) is 0 Å². The normalized spacial score (nSPS) is 23.5. The molecule has 0 spiro atoms. The van der Waals surface area contributed by atoms with E-state index in [0.717, 1.165) is 21.3 Å². The largest absolute Gasteiger partial charge is 0.305 e. The first-order chi connectivity index (χ1) is 9.61. The first-order valence-corrected chi connectivity index (χ1v) is 8.46. The van der Waals surface area contributed by atoms with Crippen LogP contribution >= 0.6 is 27.5 Å². The zero-order valence-electron chi connectivity index (χ0n) is 11.8. The van der Waals surface area contributed by atoms with Crippen LogP contribution in [0.3, 0.4) is 0 Å². The summed E-state index contributed by atoms with van der Waals surface area (Å²) >= 11 is 9.65. The minimum absolute atomic E-state index is 0.433. The fraction of sp³-hybridized carbons (Fsp3) is 0.533. The van der Waals surface area contributed by atoms with Crippen molar-refractivity contribution in [1.82, 2.24) is 9.66 Å². The summed E-state index contributed by atoms with van der Waals surface area (Å²) in [6.07, 6.45) is 3.75. The van der Waals surface area contributed by atoms with Gasteiger partial charge in [-0.15, -0.1) is 11.6 Å². The van der Waals surface area contributed by atoms with Crippen LogP contribution in [-0.4, -0.2) is 21.7 Å². The van der Waals surface area contributed by atoms with E-state index in [1.54, 1.807) is 0 Å². The Labute approximate surface area is 133 Å². The smallest absolute Gasteiger partial charge is 0.143 e. The summed E-state index contributed by atoms with van der Waals surface area (Å²) in [5, 5.41) is 2.45. The number of fused-ring (bicyclic) bond motifs is 1. The summed E-state index contributed by atoms with van der Waals surface area (Å²) < 4.78 is 3.29. The van der Waals surface area contributed by atoms with E-state index >= 15 is 0 Å². The van der Waals surface area contributed by atoms with Gasteiger partial charge in [-0.1, -0.05) is 15.9 Å². The van der Waals surface area contributed by atoms with Gasteiger partial charge < -0.3 is 5.01 Å². The molecule has 1 aromatic heterocycles. The Bertz CT molecular complexity index is 615. The summed E-state index contributed by atoms with van der Waals surface area (Å²) in [5.41, 5.74) is 2.14. The van der Waals surface area contributed by atoms with Crippen molar-refractivity contribution in [1.29, 1.82) is 0 Å². The number of nitrogens with zero attached hydrogens (tertiary/aromatic N) is 3. The highest BCUT2D eigenvalue weighted by Gasteiger charge is 2.28. The minimum atomic E-state index is 0.433. The van der Waals surface area contributed by atoms with Gasteiger partial charge in [0.05, 0.1) is 16.9 Å². The average molecular weight is 357 g/mol. The first-order valence-electron chi connectivity index (χ1n) is 7.13. The van der Waals surface area contributed by atoms with Crippen molar-refractivity contribution in [2.75, 3.05) is 5.01 Å². The molecule has 2 unspecified atom stereocenters. The van der Waals surface area contributed by atoms with Gasteiger partial charge in [-0.2, -0.15) is 0 Å². The molecule has 20 heavy (non-hydrogen) atoms. The van der Waals surface area contributed by atoms with Crippen molar-refractivity contribution in [3.05, 3.63) is 28.5 Å². The molecule has 3 nitrogen and oxygen atoms in total. The number of piperidine rings is 1. The molecule has 108 valence electrons. The summed E-state index contributed by atoms with van der Waals surface area (Å²) in [6, 6.07) is 7.28. The second-order valence-corrected chi connectivity index (χ2v) is 6.80. The number of hydrogen-bond donors (Lipinski definition) is 0.